The summed E-state index contributed by atoms with van der Waals surface area (Å²) in [5, 5.41) is 9.37. The molecule has 0 spiro atoms. The van der Waals surface area contributed by atoms with Crippen molar-refractivity contribution in [1.29, 1.82) is 0 Å². The monoisotopic (exact) mass is 810 g/mol. The van der Waals surface area contributed by atoms with Gasteiger partial charge in [0.25, 0.3) is 5.91 Å². The van der Waals surface area contributed by atoms with Crippen LogP contribution in [0.2, 0.25) is 0 Å². The minimum atomic E-state index is -0.621. The van der Waals surface area contributed by atoms with E-state index >= 15 is 4.39 Å². The van der Waals surface area contributed by atoms with Crippen LogP contribution in [0.15, 0.2) is 91.4 Å². The minimum Gasteiger partial charge on any atom is -0.381 e. The number of primary amides is 1. The molecule has 2 amide bonds. The maximum absolute atomic E-state index is 15.8. The van der Waals surface area contributed by atoms with Gasteiger partial charge >= 0.3 is 0 Å². The quantitative estimate of drug-likeness (QED) is 0.126. The van der Waals surface area contributed by atoms with E-state index in [9.17, 15) is 9.59 Å². The van der Waals surface area contributed by atoms with Gasteiger partial charge in [-0.25, -0.2) is 24.0 Å². The number of carbonyl (C=O) groups excluding carboxylic acids is 2. The Labute approximate surface area is 349 Å². The Hall–Kier alpha value is -6.25. The molecule has 0 aliphatic carbocycles. The van der Waals surface area contributed by atoms with Crippen LogP contribution in [0.4, 0.5) is 16.0 Å². The fourth-order valence-electron chi connectivity index (χ4n) is 8.23. The molecule has 8 rings (SSSR count). The number of pyridine rings is 1. The Morgan fingerprint density at radius 3 is 2.42 bits per heavy atom. The number of piperazine rings is 1. The maximum atomic E-state index is 15.8. The number of hydrogen-bond acceptors (Lipinski definition) is 10. The summed E-state index contributed by atoms with van der Waals surface area (Å²) >= 11 is 0. The van der Waals surface area contributed by atoms with Gasteiger partial charge < -0.3 is 25.6 Å². The second kappa shape index (κ2) is 18.3. The number of nitrogens with one attached hydrogen (secondary N) is 1. The van der Waals surface area contributed by atoms with Crippen molar-refractivity contribution in [3.8, 4) is 11.1 Å². The number of amides is 2. The number of carbonyl (C=O) groups is 2. The van der Waals surface area contributed by atoms with E-state index in [1.165, 1.54) is 12.1 Å². The molecule has 0 atom stereocenters. The fraction of sp³-hybridized carbons (Fsp3) is 0.348. The van der Waals surface area contributed by atoms with Crippen LogP contribution in [0.5, 0.6) is 0 Å². The predicted octanol–water partition coefficient (Wildman–Crippen LogP) is 6.46. The number of nitrogens with two attached hydrogens (primary N) is 1. The first-order chi connectivity index (χ1) is 29.3. The lowest BCUT2D eigenvalue weighted by Crippen LogP contribution is -2.46. The van der Waals surface area contributed by atoms with Crippen LogP contribution in [0, 0.1) is 5.82 Å². The molecule has 0 radical (unpaired) electrons. The first kappa shape index (κ1) is 40.5. The molecule has 0 bridgehead atoms. The molecular weight excluding hydrogens is 760 g/mol. The number of halogens is 1. The van der Waals surface area contributed by atoms with E-state index in [1.54, 1.807) is 41.6 Å². The molecule has 2 fully saturated rings. The van der Waals surface area contributed by atoms with Crippen molar-refractivity contribution in [3.63, 3.8) is 0 Å². The average Bonchev–Trinajstić information content (AvgIpc) is 3.71. The Balaban J connectivity index is 1.11. The summed E-state index contributed by atoms with van der Waals surface area (Å²) in [6.45, 7) is 10.5. The van der Waals surface area contributed by atoms with Gasteiger partial charge in [0.2, 0.25) is 11.9 Å². The molecule has 14 heteroatoms. The standard InChI is InChI=1S/C46H51FN10O3/c1-3-41-39(42(52-36-14-22-60-23-15-36)38-27-51-57(4-2)44(38)53-41)30-56(45(59)35-11-6-10-34(26-35)43(48)58)29-32-12-13-40(47)37(25-32)33-9-5-8-31(24-33)28-54-18-20-55(21-19-54)46-49-16-7-17-50-46/h5-13,16-17,24-27,36H,3-4,14-15,18-23,28-30H2,1-2H3,(H2,48,58)(H,52,53). The van der Waals surface area contributed by atoms with Crippen LogP contribution in [-0.2, 0) is 37.3 Å². The van der Waals surface area contributed by atoms with E-state index in [-0.39, 0.29) is 36.4 Å². The van der Waals surface area contributed by atoms with Crippen molar-refractivity contribution in [3.05, 3.63) is 131 Å². The highest BCUT2D eigenvalue weighted by Crippen LogP contribution is 2.34. The second-order valence-corrected chi connectivity index (χ2v) is 15.4. The van der Waals surface area contributed by atoms with Gasteiger partial charge in [0.1, 0.15) is 5.82 Å². The van der Waals surface area contributed by atoms with Gasteiger partial charge in [-0.15, -0.1) is 0 Å². The van der Waals surface area contributed by atoms with E-state index in [2.05, 4.69) is 43.2 Å². The lowest BCUT2D eigenvalue weighted by Gasteiger charge is -2.34. The van der Waals surface area contributed by atoms with E-state index < -0.39 is 5.91 Å². The summed E-state index contributed by atoms with van der Waals surface area (Å²) < 4.78 is 23.4. The van der Waals surface area contributed by atoms with Crippen LogP contribution >= 0.6 is 0 Å². The van der Waals surface area contributed by atoms with Gasteiger partial charge in [0.05, 0.1) is 23.8 Å². The van der Waals surface area contributed by atoms with Gasteiger partial charge in [-0.1, -0.05) is 37.3 Å². The number of nitrogens with zero attached hydrogens (tertiary/aromatic N) is 8. The highest BCUT2D eigenvalue weighted by atomic mass is 19.1. The molecule has 13 nitrogen and oxygen atoms in total. The molecule has 3 aromatic carbocycles. The topological polar surface area (TPSA) is 148 Å². The van der Waals surface area contributed by atoms with E-state index in [4.69, 9.17) is 15.5 Å². The Morgan fingerprint density at radius 2 is 1.67 bits per heavy atom. The van der Waals surface area contributed by atoms with Crippen molar-refractivity contribution in [2.45, 2.75) is 65.3 Å². The summed E-state index contributed by atoms with van der Waals surface area (Å²) in [4.78, 5) is 47.2. The number of ether oxygens (including phenoxy) is 1. The SMILES string of the molecule is CCc1nc2c(cnn2CC)c(NC2CCOCC2)c1CN(Cc1ccc(F)c(-c2cccc(CN3CCN(c4ncccn4)CC3)c2)c1)C(=O)c1cccc(C(N)=O)c1. The lowest BCUT2D eigenvalue weighted by atomic mass is 9.99. The van der Waals surface area contributed by atoms with Crippen molar-refractivity contribution in [2.75, 3.05) is 49.6 Å². The first-order valence-electron chi connectivity index (χ1n) is 20.8. The van der Waals surface area contributed by atoms with Crippen LogP contribution in [0.1, 0.15) is 69.8 Å². The largest absolute Gasteiger partial charge is 0.381 e. The number of aromatic nitrogens is 5. The third-order valence-corrected chi connectivity index (χ3v) is 11.5. The zero-order valence-electron chi connectivity index (χ0n) is 34.2. The highest BCUT2D eigenvalue weighted by Gasteiger charge is 2.26. The van der Waals surface area contributed by atoms with Gasteiger partial charge in [0.15, 0.2) is 5.65 Å². The Kier molecular flexibility index (Phi) is 12.4. The summed E-state index contributed by atoms with van der Waals surface area (Å²) in [5.41, 5.74) is 12.7. The molecule has 2 aliphatic heterocycles. The molecule has 60 heavy (non-hydrogen) atoms. The van der Waals surface area contributed by atoms with Crippen molar-refractivity contribution >= 4 is 34.5 Å². The van der Waals surface area contributed by atoms with Crippen molar-refractivity contribution in [2.24, 2.45) is 5.73 Å². The second-order valence-electron chi connectivity index (χ2n) is 15.4. The number of hydrogen-bond donors (Lipinski definition) is 2. The molecule has 0 saturated carbocycles. The summed E-state index contributed by atoms with van der Waals surface area (Å²) in [6, 6.07) is 21.5. The molecule has 5 heterocycles. The van der Waals surface area contributed by atoms with Gasteiger partial charge in [-0.3, -0.25) is 14.5 Å². The third kappa shape index (κ3) is 8.99. The number of anilines is 2. The van der Waals surface area contributed by atoms with Crippen LogP contribution < -0.4 is 16.0 Å². The molecule has 0 unspecified atom stereocenters. The zero-order chi connectivity index (χ0) is 41.6. The number of fused-ring (bicyclic) bond motifs is 1. The molecule has 6 aromatic rings. The maximum Gasteiger partial charge on any atom is 0.254 e. The Bertz CT molecular complexity index is 2460. The van der Waals surface area contributed by atoms with E-state index in [0.29, 0.717) is 37.3 Å². The zero-order valence-corrected chi connectivity index (χ0v) is 34.2. The molecule has 3 aromatic heterocycles. The van der Waals surface area contributed by atoms with Gasteiger partial charge in [0, 0.05) is 105 Å². The molecule has 2 aliphatic rings. The normalized spacial score (nSPS) is 15.0. The van der Waals surface area contributed by atoms with Gasteiger partial charge in [-0.2, -0.15) is 5.10 Å². The predicted molar refractivity (Wildman–Crippen MR) is 230 cm³/mol. The average molecular weight is 811 g/mol. The van der Waals surface area contributed by atoms with Gasteiger partial charge in [-0.05, 0) is 85.3 Å². The number of benzene rings is 3. The van der Waals surface area contributed by atoms with Crippen molar-refractivity contribution < 1.29 is 18.7 Å². The Morgan fingerprint density at radius 1 is 0.900 bits per heavy atom. The number of rotatable bonds is 14. The van der Waals surface area contributed by atoms with Crippen LogP contribution in [-0.4, -0.2) is 91.8 Å². The summed E-state index contributed by atoms with van der Waals surface area (Å²) in [7, 11) is 0. The molecule has 3 N–H and O–H groups in total. The third-order valence-electron chi connectivity index (χ3n) is 11.5. The smallest absolute Gasteiger partial charge is 0.254 e. The van der Waals surface area contributed by atoms with Crippen LogP contribution in [0.25, 0.3) is 22.2 Å². The lowest BCUT2D eigenvalue weighted by molar-refractivity contribution is 0.0729. The van der Waals surface area contributed by atoms with Crippen molar-refractivity contribution in [1.82, 2.24) is 34.5 Å². The summed E-state index contributed by atoms with van der Waals surface area (Å²) in [5.74, 6) is -0.524. The highest BCUT2D eigenvalue weighted by molar-refractivity contribution is 5.99. The molecule has 2 saturated heterocycles. The fourth-order valence-corrected chi connectivity index (χ4v) is 8.23. The molecular formula is C46H51FN10O3. The number of aryl methyl sites for hydroxylation is 2. The summed E-state index contributed by atoms with van der Waals surface area (Å²) in [6.07, 6.45) is 7.68. The van der Waals surface area contributed by atoms with E-state index in [0.717, 1.165) is 96.2 Å². The minimum absolute atomic E-state index is 0.161. The molecule has 310 valence electrons. The van der Waals surface area contributed by atoms with E-state index in [1.807, 2.05) is 48.1 Å². The van der Waals surface area contributed by atoms with Crippen LogP contribution in [0.3, 0.4) is 0 Å². The first-order valence-corrected chi connectivity index (χ1v) is 20.8.